The average molecular weight is 395 g/mol. The Morgan fingerprint density at radius 2 is 1.45 bits per heavy atom. The van der Waals surface area contributed by atoms with Crippen LogP contribution in [0.15, 0.2) is 5.34 Å². The van der Waals surface area contributed by atoms with Crippen molar-refractivity contribution in [2.45, 2.75) is 51.4 Å². The predicted octanol–water partition coefficient (Wildman–Crippen LogP) is -0.420. The maximum absolute atomic E-state index is 10.3. The van der Waals surface area contributed by atoms with Gasteiger partial charge in [-0.2, -0.15) is 0 Å². The van der Waals surface area contributed by atoms with Crippen LogP contribution in [0.4, 0.5) is 0 Å². The fraction of sp³-hybridized carbons (Fsp3) is 0.833. The van der Waals surface area contributed by atoms with E-state index in [0.29, 0.717) is 0 Å². The molecule has 4 atom stereocenters. The first-order chi connectivity index (χ1) is 9.60. The summed E-state index contributed by atoms with van der Waals surface area (Å²) in [7, 11) is 0. The van der Waals surface area contributed by atoms with Gasteiger partial charge in [0.1, 0.15) is 10.9 Å². The molecule has 0 saturated heterocycles. The second-order valence-electron chi connectivity index (χ2n) is 4.45. The van der Waals surface area contributed by atoms with Gasteiger partial charge in [-0.25, -0.2) is 0 Å². The molecule has 0 saturated carbocycles. The zero-order valence-corrected chi connectivity index (χ0v) is 17.2. The van der Waals surface area contributed by atoms with Crippen molar-refractivity contribution >= 4 is 27.9 Å². The zero-order chi connectivity index (χ0) is 17.6. The number of halogens is 1. The molecular weight excluding hydrogens is 371 g/mol. The van der Waals surface area contributed by atoms with Crippen molar-refractivity contribution in [2.75, 3.05) is 0 Å². The molecule has 0 aliphatic heterocycles. The molecule has 0 aliphatic carbocycles. The van der Waals surface area contributed by atoms with Crippen LogP contribution in [0, 0.1) is 22.0 Å². The fourth-order valence-corrected chi connectivity index (χ4v) is 1.32. The number of rotatable bonds is 6. The molecular formula is C12H24BrN2NaO6. The van der Waals surface area contributed by atoms with Crippen LogP contribution in [0.5, 0.6) is 0 Å². The largest absolute Gasteiger partial charge is 1.00 e. The second-order valence-corrected chi connectivity index (χ2v) is 5.44. The number of hydrogen-bond acceptors (Lipinski definition) is 6. The molecule has 0 aromatic heterocycles. The Labute approximate surface area is 161 Å². The van der Waals surface area contributed by atoms with Crippen LogP contribution in [-0.2, 0) is 9.59 Å². The number of hydrogen-bond donors (Lipinski definition) is 3. The number of carbonyl (C=O) groups is 2. The first-order valence-corrected chi connectivity index (χ1v) is 7.32. The molecule has 0 spiro atoms. The molecule has 126 valence electrons. The number of carboxylic acids is 2. The third-order valence-corrected chi connectivity index (χ3v) is 4.22. The Balaban J connectivity index is -0.000000120. The van der Waals surface area contributed by atoms with Gasteiger partial charge < -0.3 is 26.1 Å². The van der Waals surface area contributed by atoms with Gasteiger partial charge in [0, 0.05) is 0 Å². The van der Waals surface area contributed by atoms with Gasteiger partial charge in [0.2, 0.25) is 0 Å². The van der Waals surface area contributed by atoms with E-state index in [2.05, 4.69) is 15.9 Å². The molecule has 0 aliphatic rings. The summed E-state index contributed by atoms with van der Waals surface area (Å²) in [6, 6.07) is -0.699. The molecule has 0 amide bonds. The summed E-state index contributed by atoms with van der Waals surface area (Å²) in [6.45, 7) is 7.64. The third kappa shape index (κ3) is 17.8. The molecule has 0 aromatic rings. The van der Waals surface area contributed by atoms with E-state index in [0.717, 1.165) is 18.2 Å². The van der Waals surface area contributed by atoms with Crippen LogP contribution < -0.4 is 35.3 Å². The smallest absolute Gasteiger partial charge is 0.480 e. The van der Waals surface area contributed by atoms with Crippen LogP contribution in [0.3, 0.4) is 0 Å². The molecule has 0 fully saturated rings. The zero-order valence-electron chi connectivity index (χ0n) is 13.7. The minimum atomic E-state index is -0.913. The van der Waals surface area contributed by atoms with Gasteiger partial charge in [-0.1, -0.05) is 56.5 Å². The molecule has 0 radical (unpaired) electrons. The number of nitrogens with zero attached hydrogens (tertiary/aromatic N) is 1. The summed E-state index contributed by atoms with van der Waals surface area (Å²) in [5, 5.41) is 25.8. The molecule has 0 aromatic carbocycles. The second kappa shape index (κ2) is 18.8. The van der Waals surface area contributed by atoms with E-state index >= 15 is 0 Å². The summed E-state index contributed by atoms with van der Waals surface area (Å²) in [4.78, 5) is 28.0. The number of alkyl halides is 1. The van der Waals surface area contributed by atoms with Crippen LogP contribution in [0.1, 0.15) is 40.5 Å². The van der Waals surface area contributed by atoms with Gasteiger partial charge in [-0.3, -0.25) is 9.59 Å². The summed E-state index contributed by atoms with van der Waals surface area (Å²) < 4.78 is 0. The minimum absolute atomic E-state index is 0. The molecule has 8 nitrogen and oxygen atoms in total. The van der Waals surface area contributed by atoms with E-state index in [1.165, 1.54) is 0 Å². The standard InChI is InChI=1S/C6H11BrO2.C6H13NO2.HNO2.Na/c2*1-3-4(2)5(7)6(8)9;2-1-3;/h4-5H,3H2,1-2H3,(H,8,9);4-5H,3,7H2,1-2H3,(H,8,9);(H,2,3);/q;;;+1/p-1/t2*4-,5-;;/m11../s1. The van der Waals surface area contributed by atoms with Gasteiger partial charge >= 0.3 is 41.5 Å². The van der Waals surface area contributed by atoms with Crippen molar-refractivity contribution in [3.8, 4) is 0 Å². The molecule has 10 heteroatoms. The summed E-state index contributed by atoms with van der Waals surface area (Å²) >= 11 is 3.07. The quantitative estimate of drug-likeness (QED) is 0.239. The molecule has 22 heavy (non-hydrogen) atoms. The van der Waals surface area contributed by atoms with Crippen LogP contribution in [0.25, 0.3) is 0 Å². The Kier molecular flexibility index (Phi) is 25.5. The van der Waals surface area contributed by atoms with Crippen molar-refractivity contribution in [3.63, 3.8) is 0 Å². The van der Waals surface area contributed by atoms with E-state index in [1.54, 1.807) is 0 Å². The molecule has 0 heterocycles. The maximum Gasteiger partial charge on any atom is 1.00 e. The fourth-order valence-electron chi connectivity index (χ4n) is 0.948. The average Bonchev–Trinajstić information content (AvgIpc) is 2.45. The van der Waals surface area contributed by atoms with Gasteiger partial charge in [-0.15, -0.1) is 5.34 Å². The van der Waals surface area contributed by atoms with Gasteiger partial charge in [-0.05, 0) is 11.8 Å². The topological polar surface area (TPSA) is 153 Å². The van der Waals surface area contributed by atoms with E-state index in [9.17, 15) is 9.59 Å². The minimum Gasteiger partial charge on any atom is -0.480 e. The van der Waals surface area contributed by atoms with E-state index < -0.39 is 18.0 Å². The van der Waals surface area contributed by atoms with Gasteiger partial charge in [0.25, 0.3) is 0 Å². The summed E-state index contributed by atoms with van der Waals surface area (Å²) in [5.41, 5.74) is 5.27. The molecule has 4 N–H and O–H groups in total. The Morgan fingerprint density at radius 1 is 1.14 bits per heavy atom. The normalized spacial score (nSPS) is 14.3. The van der Waals surface area contributed by atoms with E-state index in [4.69, 9.17) is 26.1 Å². The van der Waals surface area contributed by atoms with Crippen LogP contribution >= 0.6 is 15.9 Å². The van der Waals surface area contributed by atoms with Crippen molar-refractivity contribution in [2.24, 2.45) is 22.9 Å². The molecule has 0 rings (SSSR count). The van der Waals surface area contributed by atoms with Gasteiger partial charge in [0.05, 0.1) is 0 Å². The van der Waals surface area contributed by atoms with E-state index in [-0.39, 0.29) is 46.2 Å². The van der Waals surface area contributed by atoms with Gasteiger partial charge in [0.15, 0.2) is 0 Å². The Morgan fingerprint density at radius 3 is 1.55 bits per heavy atom. The monoisotopic (exact) mass is 394 g/mol. The number of aliphatic carboxylic acids is 2. The number of nitrogens with two attached hydrogens (primary N) is 1. The molecule has 0 bridgehead atoms. The van der Waals surface area contributed by atoms with Crippen molar-refractivity contribution < 1.29 is 49.4 Å². The summed E-state index contributed by atoms with van der Waals surface area (Å²) in [6.07, 6.45) is 1.70. The van der Waals surface area contributed by atoms with Crippen LogP contribution in [-0.4, -0.2) is 33.0 Å². The van der Waals surface area contributed by atoms with Crippen LogP contribution in [0.2, 0.25) is 0 Å². The van der Waals surface area contributed by atoms with Crippen molar-refractivity contribution in [3.05, 3.63) is 10.1 Å². The maximum atomic E-state index is 10.3. The Bertz CT molecular complexity index is 283. The Hall–Kier alpha value is -0.220. The SMILES string of the molecule is CC[C@@H](C)[C@@H](Br)C(=O)O.CC[C@@H](C)[C@@H](N)C(=O)O.O=N[O-].[Na+]. The van der Waals surface area contributed by atoms with Crippen molar-refractivity contribution in [1.29, 1.82) is 0 Å². The number of carboxylic acid groups (broad SMARTS) is 2. The summed E-state index contributed by atoms with van der Waals surface area (Å²) in [5.74, 6) is -1.40. The first-order valence-electron chi connectivity index (χ1n) is 6.40. The first kappa shape index (κ1) is 29.7. The predicted molar refractivity (Wildman–Crippen MR) is 84.0 cm³/mol. The van der Waals surface area contributed by atoms with E-state index in [1.807, 2.05) is 27.7 Å². The molecule has 0 unspecified atom stereocenters. The third-order valence-electron chi connectivity index (χ3n) is 2.92. The van der Waals surface area contributed by atoms with Crippen molar-refractivity contribution in [1.82, 2.24) is 0 Å².